The maximum atomic E-state index is 12.9. The van der Waals surface area contributed by atoms with Gasteiger partial charge in [-0.25, -0.2) is 14.3 Å². The van der Waals surface area contributed by atoms with Crippen molar-refractivity contribution in [2.75, 3.05) is 13.1 Å². The molecule has 0 atom stereocenters. The number of amides is 1. The number of nitrogens with zero attached hydrogens (tertiary/aromatic N) is 5. The molecule has 9 nitrogen and oxygen atoms in total. The summed E-state index contributed by atoms with van der Waals surface area (Å²) in [5.74, 6) is 0.234. The highest BCUT2D eigenvalue weighted by Gasteiger charge is 2.34. The fraction of sp³-hybridized carbons (Fsp3) is 0.346. The summed E-state index contributed by atoms with van der Waals surface area (Å²) in [6.07, 6.45) is 4.15. The van der Waals surface area contributed by atoms with Gasteiger partial charge >= 0.3 is 6.09 Å². The van der Waals surface area contributed by atoms with Crippen LogP contribution in [0, 0.1) is 5.92 Å². The second-order valence-electron chi connectivity index (χ2n) is 9.96. The minimum atomic E-state index is -0.518. The third-order valence-electron chi connectivity index (χ3n) is 5.84. The molecule has 4 heterocycles. The zero-order valence-electron chi connectivity index (χ0n) is 20.5. The lowest BCUT2D eigenvalue weighted by atomic mass is 9.92. The molecule has 186 valence electrons. The Morgan fingerprint density at radius 2 is 2.00 bits per heavy atom. The number of carbonyl (C=O) groups is 2. The number of ketones is 1. The van der Waals surface area contributed by atoms with E-state index in [1.54, 1.807) is 15.7 Å². The van der Waals surface area contributed by atoms with E-state index in [-0.39, 0.29) is 17.8 Å². The summed E-state index contributed by atoms with van der Waals surface area (Å²) in [6, 6.07) is 13.5. The molecule has 1 N–H and O–H groups in total. The summed E-state index contributed by atoms with van der Waals surface area (Å²) in [6.45, 7) is 6.64. The Bertz CT molecular complexity index is 1400. The molecule has 1 fully saturated rings. The van der Waals surface area contributed by atoms with Crippen LogP contribution in [0.2, 0.25) is 0 Å². The Labute approximate surface area is 213 Å². The number of Topliss-reactive ketones (excluding diaryl/α,β-unsaturated/α-hetero) is 1. The lowest BCUT2D eigenvalue weighted by Crippen LogP contribution is -2.52. The first-order chi connectivity index (χ1) is 17.2. The predicted octanol–water partition coefficient (Wildman–Crippen LogP) is 4.63. The van der Waals surface area contributed by atoms with E-state index in [2.05, 4.69) is 20.3 Å². The third-order valence-corrected chi connectivity index (χ3v) is 6.75. The van der Waals surface area contributed by atoms with Gasteiger partial charge in [-0.2, -0.15) is 10.2 Å². The molecule has 0 spiro atoms. The Hall–Kier alpha value is -3.66. The van der Waals surface area contributed by atoms with Crippen molar-refractivity contribution in [3.8, 4) is 0 Å². The first kappa shape index (κ1) is 24.1. The monoisotopic (exact) mass is 504 g/mol. The Kier molecular flexibility index (Phi) is 6.53. The van der Waals surface area contributed by atoms with Gasteiger partial charge in [0.25, 0.3) is 0 Å². The first-order valence-electron chi connectivity index (χ1n) is 11.8. The molecule has 10 heteroatoms. The van der Waals surface area contributed by atoms with Crippen LogP contribution in [0.4, 0.5) is 4.79 Å². The Morgan fingerprint density at radius 1 is 1.17 bits per heavy atom. The number of H-pyrrole nitrogens is 1. The average molecular weight is 505 g/mol. The molecule has 4 aromatic rings. The molecular weight excluding hydrogens is 476 g/mol. The molecule has 1 saturated heterocycles. The fourth-order valence-electron chi connectivity index (χ4n) is 4.13. The van der Waals surface area contributed by atoms with Crippen LogP contribution in [-0.2, 0) is 11.2 Å². The van der Waals surface area contributed by atoms with Crippen LogP contribution in [0.5, 0.6) is 0 Å². The summed E-state index contributed by atoms with van der Waals surface area (Å²) < 4.78 is 7.19. The smallest absolute Gasteiger partial charge is 0.410 e. The minimum Gasteiger partial charge on any atom is -0.444 e. The third kappa shape index (κ3) is 5.59. The highest BCUT2D eigenvalue weighted by Crippen LogP contribution is 2.29. The van der Waals surface area contributed by atoms with Crippen LogP contribution < -0.4 is 0 Å². The standard InChI is InChI=1S/C26H28N6O3S/c1-26(2,3)35-25(34)31-14-17(15-31)10-23(33)18-6-4-7-20(11-18)36-24-13-19(29-30-24)12-21-22-8-5-9-32(22)28-16-27-21/h4-9,11,13,16-17H,10,12,14-15H2,1-3H3,(H,29,30). The molecule has 1 aliphatic heterocycles. The lowest BCUT2D eigenvalue weighted by molar-refractivity contribution is -0.00173. The SMILES string of the molecule is CC(C)(C)OC(=O)N1CC(CC(=O)c2cccc(Sc3cc(Cc4ncnn5cccc45)[nH]n3)c2)C1. The van der Waals surface area contributed by atoms with Crippen molar-refractivity contribution < 1.29 is 14.3 Å². The highest BCUT2D eigenvalue weighted by molar-refractivity contribution is 7.99. The van der Waals surface area contributed by atoms with E-state index in [1.165, 1.54) is 11.8 Å². The number of carbonyl (C=O) groups excluding carboxylic acids is 2. The number of fused-ring (bicyclic) bond motifs is 1. The number of aromatic nitrogens is 5. The summed E-state index contributed by atoms with van der Waals surface area (Å²) in [4.78, 5) is 32.0. The van der Waals surface area contributed by atoms with E-state index in [9.17, 15) is 9.59 Å². The topological polar surface area (TPSA) is 105 Å². The van der Waals surface area contributed by atoms with Crippen molar-refractivity contribution in [1.29, 1.82) is 0 Å². The summed E-state index contributed by atoms with van der Waals surface area (Å²) in [5.41, 5.74) is 2.99. The van der Waals surface area contributed by atoms with E-state index in [0.29, 0.717) is 31.5 Å². The molecule has 1 aliphatic rings. The molecule has 0 saturated carbocycles. The number of likely N-dealkylation sites (tertiary alicyclic amines) is 1. The molecular formula is C26H28N6O3S. The van der Waals surface area contributed by atoms with Gasteiger partial charge < -0.3 is 9.64 Å². The largest absolute Gasteiger partial charge is 0.444 e. The predicted molar refractivity (Wildman–Crippen MR) is 135 cm³/mol. The number of ether oxygens (including phenoxy) is 1. The van der Waals surface area contributed by atoms with Gasteiger partial charge in [0.05, 0.1) is 11.2 Å². The number of hydrogen-bond donors (Lipinski definition) is 1. The van der Waals surface area contributed by atoms with E-state index in [0.717, 1.165) is 26.8 Å². The van der Waals surface area contributed by atoms with Crippen molar-refractivity contribution in [3.63, 3.8) is 0 Å². The molecule has 0 aliphatic carbocycles. The molecule has 3 aromatic heterocycles. The van der Waals surface area contributed by atoms with Crippen LogP contribution >= 0.6 is 11.8 Å². The molecule has 0 bridgehead atoms. The van der Waals surface area contributed by atoms with Crippen LogP contribution in [0.15, 0.2) is 64.9 Å². The van der Waals surface area contributed by atoms with Gasteiger partial charge in [-0.3, -0.25) is 9.89 Å². The second kappa shape index (κ2) is 9.77. The van der Waals surface area contributed by atoms with Crippen molar-refractivity contribution >= 4 is 29.2 Å². The van der Waals surface area contributed by atoms with E-state index in [1.807, 2.05) is 69.4 Å². The van der Waals surface area contributed by atoms with Crippen molar-refractivity contribution in [2.24, 2.45) is 5.92 Å². The zero-order valence-corrected chi connectivity index (χ0v) is 21.3. The van der Waals surface area contributed by atoms with Gasteiger partial charge in [-0.1, -0.05) is 23.9 Å². The maximum absolute atomic E-state index is 12.9. The molecule has 1 aromatic carbocycles. The van der Waals surface area contributed by atoms with Gasteiger partial charge in [0.1, 0.15) is 17.0 Å². The molecule has 0 radical (unpaired) electrons. The number of rotatable bonds is 7. The van der Waals surface area contributed by atoms with E-state index >= 15 is 0 Å². The number of hydrogen-bond acceptors (Lipinski definition) is 7. The van der Waals surface area contributed by atoms with E-state index < -0.39 is 5.60 Å². The van der Waals surface area contributed by atoms with Crippen LogP contribution in [0.25, 0.3) is 5.52 Å². The second-order valence-corrected chi connectivity index (χ2v) is 11.1. The van der Waals surface area contributed by atoms with Gasteiger partial charge in [0.2, 0.25) is 0 Å². The normalized spacial score (nSPS) is 14.1. The summed E-state index contributed by atoms with van der Waals surface area (Å²) >= 11 is 1.50. The van der Waals surface area contributed by atoms with Gasteiger partial charge in [-0.05, 0) is 51.1 Å². The van der Waals surface area contributed by atoms with Crippen molar-refractivity contribution in [1.82, 2.24) is 29.7 Å². The van der Waals surface area contributed by atoms with Crippen molar-refractivity contribution in [2.45, 2.75) is 49.1 Å². The Morgan fingerprint density at radius 3 is 2.81 bits per heavy atom. The number of nitrogens with one attached hydrogen (secondary N) is 1. The van der Waals surface area contributed by atoms with Crippen LogP contribution in [-0.4, -0.2) is 60.3 Å². The van der Waals surface area contributed by atoms with Crippen LogP contribution in [0.3, 0.4) is 0 Å². The summed E-state index contributed by atoms with van der Waals surface area (Å²) in [5, 5.41) is 12.5. The quantitative estimate of drug-likeness (QED) is 0.366. The van der Waals surface area contributed by atoms with Gasteiger partial charge in [0, 0.05) is 54.2 Å². The van der Waals surface area contributed by atoms with Crippen LogP contribution in [0.1, 0.15) is 48.9 Å². The highest BCUT2D eigenvalue weighted by atomic mass is 32.2. The molecule has 36 heavy (non-hydrogen) atoms. The molecule has 0 unspecified atom stereocenters. The van der Waals surface area contributed by atoms with E-state index in [4.69, 9.17) is 4.74 Å². The molecule has 5 rings (SSSR count). The minimum absolute atomic E-state index is 0.0778. The summed E-state index contributed by atoms with van der Waals surface area (Å²) in [7, 11) is 0. The fourth-order valence-corrected chi connectivity index (χ4v) is 4.99. The van der Waals surface area contributed by atoms with Gasteiger partial charge in [-0.15, -0.1) is 0 Å². The zero-order chi connectivity index (χ0) is 25.3. The Balaban J connectivity index is 1.16. The van der Waals surface area contributed by atoms with Crippen molar-refractivity contribution in [3.05, 3.63) is 71.9 Å². The lowest BCUT2D eigenvalue weighted by Gasteiger charge is -2.39. The molecule has 1 amide bonds. The number of benzene rings is 1. The maximum Gasteiger partial charge on any atom is 0.410 e. The number of aromatic amines is 1. The average Bonchev–Trinajstić information content (AvgIpc) is 3.44. The van der Waals surface area contributed by atoms with Gasteiger partial charge in [0.15, 0.2) is 5.78 Å². The first-order valence-corrected chi connectivity index (χ1v) is 12.7.